The van der Waals surface area contributed by atoms with Crippen molar-refractivity contribution >= 4 is 6.09 Å². The first-order chi connectivity index (χ1) is 9.69. The topological polar surface area (TPSA) is 62.7 Å². The number of aliphatic hydroxyl groups is 1. The first-order valence-electron chi connectivity index (χ1n) is 7.26. The quantitative estimate of drug-likeness (QED) is 0.906. The Balaban J connectivity index is 2.76. The highest BCUT2D eigenvalue weighted by Gasteiger charge is 2.25. The lowest BCUT2D eigenvalue weighted by Gasteiger charge is -2.29. The first kappa shape index (κ1) is 17.4. The van der Waals surface area contributed by atoms with Crippen LogP contribution in [0.2, 0.25) is 0 Å². The summed E-state index contributed by atoms with van der Waals surface area (Å²) in [6.45, 7) is 10.2. The van der Waals surface area contributed by atoms with Crippen LogP contribution in [0.1, 0.15) is 46.4 Å². The van der Waals surface area contributed by atoms with Gasteiger partial charge in [0.25, 0.3) is 0 Å². The van der Waals surface area contributed by atoms with Crippen molar-refractivity contribution < 1.29 is 14.6 Å². The number of ether oxygens (including phenoxy) is 1. The van der Waals surface area contributed by atoms with E-state index < -0.39 is 17.8 Å². The van der Waals surface area contributed by atoms with Crippen molar-refractivity contribution in [3.05, 3.63) is 30.1 Å². The third-order valence-corrected chi connectivity index (χ3v) is 2.66. The molecule has 118 valence electrons. The molecule has 1 N–H and O–H groups in total. The van der Waals surface area contributed by atoms with E-state index in [-0.39, 0.29) is 12.5 Å². The van der Waals surface area contributed by atoms with Crippen LogP contribution >= 0.6 is 0 Å². The van der Waals surface area contributed by atoms with Crippen LogP contribution in [0.5, 0.6) is 0 Å². The van der Waals surface area contributed by atoms with E-state index in [4.69, 9.17) is 4.74 Å². The van der Waals surface area contributed by atoms with Gasteiger partial charge in [0.1, 0.15) is 11.7 Å². The minimum absolute atomic E-state index is 0.171. The molecule has 1 aromatic rings. The van der Waals surface area contributed by atoms with Gasteiger partial charge in [0, 0.05) is 12.7 Å². The molecular formula is C16H26N2O3. The Hall–Kier alpha value is -1.62. The number of hydrogen-bond donors (Lipinski definition) is 1. The maximum absolute atomic E-state index is 12.2. The van der Waals surface area contributed by atoms with Gasteiger partial charge in [0.2, 0.25) is 0 Å². The van der Waals surface area contributed by atoms with Crippen LogP contribution in [0.3, 0.4) is 0 Å². The van der Waals surface area contributed by atoms with Crippen molar-refractivity contribution in [3.8, 4) is 0 Å². The average molecular weight is 294 g/mol. The Morgan fingerprint density at radius 2 is 2.00 bits per heavy atom. The highest BCUT2D eigenvalue weighted by atomic mass is 16.6. The number of carbonyl (C=O) groups is 1. The fourth-order valence-electron chi connectivity index (χ4n) is 1.87. The van der Waals surface area contributed by atoms with Gasteiger partial charge >= 0.3 is 6.09 Å². The van der Waals surface area contributed by atoms with Crippen molar-refractivity contribution in [2.45, 2.75) is 46.3 Å². The molecule has 0 spiro atoms. The number of amides is 1. The molecule has 0 radical (unpaired) electrons. The number of pyridine rings is 1. The molecule has 0 fully saturated rings. The predicted molar refractivity (Wildman–Crippen MR) is 81.8 cm³/mol. The van der Waals surface area contributed by atoms with Gasteiger partial charge in [-0.25, -0.2) is 4.79 Å². The summed E-state index contributed by atoms with van der Waals surface area (Å²) in [7, 11) is 0. The molecule has 1 unspecified atom stereocenters. The predicted octanol–water partition coefficient (Wildman–Crippen LogP) is 3.01. The molecule has 0 aromatic carbocycles. The lowest BCUT2D eigenvalue weighted by atomic mass is 10.1. The van der Waals surface area contributed by atoms with Gasteiger partial charge in [-0.05, 0) is 38.8 Å². The molecule has 0 saturated carbocycles. The van der Waals surface area contributed by atoms with Gasteiger partial charge < -0.3 is 14.7 Å². The summed E-state index contributed by atoms with van der Waals surface area (Å²) in [5.41, 5.74) is -0.00256. The van der Waals surface area contributed by atoms with Crippen LogP contribution in [-0.4, -0.2) is 39.8 Å². The molecule has 1 heterocycles. The lowest BCUT2D eigenvalue weighted by molar-refractivity contribution is 0.0115. The van der Waals surface area contributed by atoms with E-state index in [2.05, 4.69) is 4.98 Å². The van der Waals surface area contributed by atoms with E-state index in [0.717, 1.165) is 0 Å². The smallest absolute Gasteiger partial charge is 0.410 e. The Kier molecular flexibility index (Phi) is 6.15. The average Bonchev–Trinajstić information content (AvgIpc) is 2.36. The summed E-state index contributed by atoms with van der Waals surface area (Å²) in [6, 6.07) is 5.34. The third kappa shape index (κ3) is 6.58. The molecule has 0 aliphatic rings. The van der Waals surface area contributed by atoms with Gasteiger partial charge in [0.05, 0.1) is 12.2 Å². The second kappa shape index (κ2) is 7.41. The van der Waals surface area contributed by atoms with E-state index in [9.17, 15) is 9.90 Å². The second-order valence-electron chi connectivity index (χ2n) is 6.55. The second-order valence-corrected chi connectivity index (χ2v) is 6.55. The van der Waals surface area contributed by atoms with E-state index >= 15 is 0 Å². The van der Waals surface area contributed by atoms with Gasteiger partial charge in [-0.1, -0.05) is 19.9 Å². The lowest BCUT2D eigenvalue weighted by Crippen LogP contribution is -2.41. The molecule has 0 aliphatic carbocycles. The number of carbonyl (C=O) groups excluding carboxylic acids is 1. The molecule has 5 heteroatoms. The van der Waals surface area contributed by atoms with E-state index in [0.29, 0.717) is 12.2 Å². The molecular weight excluding hydrogens is 268 g/mol. The highest BCUT2D eigenvalue weighted by Crippen LogP contribution is 2.16. The zero-order chi connectivity index (χ0) is 16.0. The van der Waals surface area contributed by atoms with E-state index in [1.54, 1.807) is 18.3 Å². The maximum atomic E-state index is 12.2. The Bertz CT molecular complexity index is 441. The SMILES string of the molecule is CC(C)CN(CC(O)c1ccccn1)C(=O)OC(C)(C)C. The fraction of sp³-hybridized carbons (Fsp3) is 0.625. The summed E-state index contributed by atoms with van der Waals surface area (Å²) < 4.78 is 5.39. The number of aliphatic hydroxyl groups excluding tert-OH is 1. The first-order valence-corrected chi connectivity index (χ1v) is 7.26. The van der Waals surface area contributed by atoms with Crippen molar-refractivity contribution in [1.29, 1.82) is 0 Å². The zero-order valence-corrected chi connectivity index (χ0v) is 13.5. The van der Waals surface area contributed by atoms with Crippen molar-refractivity contribution in [1.82, 2.24) is 9.88 Å². The van der Waals surface area contributed by atoms with Crippen molar-refractivity contribution in [3.63, 3.8) is 0 Å². The zero-order valence-electron chi connectivity index (χ0n) is 13.5. The molecule has 5 nitrogen and oxygen atoms in total. The third-order valence-electron chi connectivity index (χ3n) is 2.66. The molecule has 1 rings (SSSR count). The minimum Gasteiger partial charge on any atom is -0.444 e. The Morgan fingerprint density at radius 3 is 2.48 bits per heavy atom. The van der Waals surface area contributed by atoms with Crippen LogP contribution in [0, 0.1) is 5.92 Å². The summed E-state index contributed by atoms with van der Waals surface area (Å²) >= 11 is 0. The monoisotopic (exact) mass is 294 g/mol. The van der Waals surface area contributed by atoms with Crippen LogP contribution < -0.4 is 0 Å². The van der Waals surface area contributed by atoms with Gasteiger partial charge in [-0.2, -0.15) is 0 Å². The van der Waals surface area contributed by atoms with Gasteiger partial charge in [0.15, 0.2) is 0 Å². The van der Waals surface area contributed by atoms with Gasteiger partial charge in [-0.3, -0.25) is 4.98 Å². The van der Waals surface area contributed by atoms with Crippen LogP contribution in [-0.2, 0) is 4.74 Å². The molecule has 1 amide bonds. The summed E-state index contributed by atoms with van der Waals surface area (Å²) in [4.78, 5) is 17.9. The standard InChI is InChI=1S/C16H26N2O3/c1-12(2)10-18(15(20)21-16(3,4)5)11-14(19)13-8-6-7-9-17-13/h6-9,12,14,19H,10-11H2,1-5H3. The number of nitrogens with zero attached hydrogens (tertiary/aromatic N) is 2. The number of aromatic nitrogens is 1. The van der Waals surface area contributed by atoms with Crippen LogP contribution in [0.4, 0.5) is 4.79 Å². The van der Waals surface area contributed by atoms with Crippen LogP contribution in [0.25, 0.3) is 0 Å². The fourth-order valence-corrected chi connectivity index (χ4v) is 1.87. The van der Waals surface area contributed by atoms with Crippen molar-refractivity contribution in [2.75, 3.05) is 13.1 Å². The molecule has 1 aromatic heterocycles. The maximum Gasteiger partial charge on any atom is 0.410 e. The largest absolute Gasteiger partial charge is 0.444 e. The molecule has 0 aliphatic heterocycles. The number of rotatable bonds is 5. The Morgan fingerprint density at radius 1 is 1.33 bits per heavy atom. The van der Waals surface area contributed by atoms with E-state index in [1.807, 2.05) is 40.7 Å². The highest BCUT2D eigenvalue weighted by molar-refractivity contribution is 5.68. The van der Waals surface area contributed by atoms with Crippen molar-refractivity contribution in [2.24, 2.45) is 5.92 Å². The molecule has 1 atom stereocenters. The number of hydrogen-bond acceptors (Lipinski definition) is 4. The van der Waals surface area contributed by atoms with Crippen LogP contribution in [0.15, 0.2) is 24.4 Å². The molecule has 0 saturated heterocycles. The normalized spacial score (nSPS) is 13.1. The minimum atomic E-state index is -0.822. The molecule has 0 bridgehead atoms. The van der Waals surface area contributed by atoms with Gasteiger partial charge in [-0.15, -0.1) is 0 Å². The van der Waals surface area contributed by atoms with E-state index in [1.165, 1.54) is 4.90 Å². The molecule has 21 heavy (non-hydrogen) atoms. The Labute approximate surface area is 126 Å². The summed E-state index contributed by atoms with van der Waals surface area (Å²) in [6.07, 6.45) is 0.391. The summed E-state index contributed by atoms with van der Waals surface area (Å²) in [5, 5.41) is 10.2. The summed E-state index contributed by atoms with van der Waals surface area (Å²) in [5.74, 6) is 0.286.